The van der Waals surface area contributed by atoms with Gasteiger partial charge in [-0.05, 0) is 24.6 Å². The summed E-state index contributed by atoms with van der Waals surface area (Å²) < 4.78 is 0.798. The Balaban J connectivity index is 2.73. The highest BCUT2D eigenvalue weighted by molar-refractivity contribution is 9.10. The van der Waals surface area contributed by atoms with Crippen molar-refractivity contribution in [2.45, 2.75) is 32.2 Å². The van der Waals surface area contributed by atoms with Crippen molar-refractivity contribution in [3.8, 4) is 6.07 Å². The summed E-state index contributed by atoms with van der Waals surface area (Å²) in [7, 11) is 0. The molecular formula is C13H16BrN3O. The summed E-state index contributed by atoms with van der Waals surface area (Å²) in [5.41, 5.74) is 6.68. The second-order valence-corrected chi connectivity index (χ2v) is 4.96. The van der Waals surface area contributed by atoms with Crippen LogP contribution in [0, 0.1) is 11.3 Å². The van der Waals surface area contributed by atoms with Crippen LogP contribution in [0.4, 0.5) is 5.69 Å². The van der Waals surface area contributed by atoms with E-state index < -0.39 is 6.04 Å². The molecule has 0 bridgehead atoms. The maximum atomic E-state index is 11.8. The molecule has 0 aliphatic rings. The molecule has 0 aliphatic carbocycles. The van der Waals surface area contributed by atoms with E-state index in [1.54, 1.807) is 18.2 Å². The Kier molecular flexibility index (Phi) is 5.83. The average molecular weight is 310 g/mol. The molecule has 0 heterocycles. The van der Waals surface area contributed by atoms with Gasteiger partial charge in [-0.25, -0.2) is 0 Å². The minimum Gasteiger partial charge on any atom is -0.324 e. The highest BCUT2D eigenvalue weighted by Gasteiger charge is 2.14. The zero-order chi connectivity index (χ0) is 13.5. The van der Waals surface area contributed by atoms with Crippen LogP contribution >= 0.6 is 15.9 Å². The fourth-order valence-electron chi connectivity index (χ4n) is 1.50. The first-order valence-electron chi connectivity index (χ1n) is 5.84. The van der Waals surface area contributed by atoms with Crippen LogP contribution in [-0.4, -0.2) is 11.9 Å². The summed E-state index contributed by atoms with van der Waals surface area (Å²) in [6.45, 7) is 2.05. The van der Waals surface area contributed by atoms with Crippen molar-refractivity contribution in [2.24, 2.45) is 5.73 Å². The molecule has 4 nitrogen and oxygen atoms in total. The molecule has 0 fully saturated rings. The molecule has 0 aliphatic heterocycles. The standard InChI is InChI=1S/C13H16BrN3O/c1-2-3-4-11(16)13(18)17-12-6-5-10(14)7-9(12)8-15/h5-7,11H,2-4,16H2,1H3,(H,17,18). The first-order valence-corrected chi connectivity index (χ1v) is 6.64. The topological polar surface area (TPSA) is 78.9 Å². The molecule has 0 saturated heterocycles. The second-order valence-electron chi connectivity index (χ2n) is 4.04. The zero-order valence-corrected chi connectivity index (χ0v) is 11.8. The number of benzene rings is 1. The third-order valence-corrected chi connectivity index (χ3v) is 3.06. The molecule has 5 heteroatoms. The van der Waals surface area contributed by atoms with Gasteiger partial charge < -0.3 is 11.1 Å². The van der Waals surface area contributed by atoms with Crippen LogP contribution in [0.15, 0.2) is 22.7 Å². The van der Waals surface area contributed by atoms with Gasteiger partial charge in [0.25, 0.3) is 0 Å². The molecule has 1 aromatic carbocycles. The molecule has 1 atom stereocenters. The third-order valence-electron chi connectivity index (χ3n) is 2.57. The maximum absolute atomic E-state index is 11.8. The highest BCUT2D eigenvalue weighted by Crippen LogP contribution is 2.20. The van der Waals surface area contributed by atoms with Crippen molar-refractivity contribution in [2.75, 3.05) is 5.32 Å². The number of carbonyl (C=O) groups is 1. The van der Waals surface area contributed by atoms with E-state index in [4.69, 9.17) is 11.0 Å². The van der Waals surface area contributed by atoms with Gasteiger partial charge in [-0.2, -0.15) is 5.26 Å². The minimum absolute atomic E-state index is 0.248. The van der Waals surface area contributed by atoms with E-state index in [-0.39, 0.29) is 5.91 Å². The Bertz CT molecular complexity index is 468. The van der Waals surface area contributed by atoms with Gasteiger partial charge in [0, 0.05) is 4.47 Å². The number of carbonyl (C=O) groups excluding carboxylic acids is 1. The normalized spacial score (nSPS) is 11.7. The number of unbranched alkanes of at least 4 members (excludes halogenated alkanes) is 1. The molecule has 0 saturated carbocycles. The number of rotatable bonds is 5. The molecule has 0 radical (unpaired) electrons. The quantitative estimate of drug-likeness (QED) is 0.877. The predicted molar refractivity (Wildman–Crippen MR) is 75.0 cm³/mol. The van der Waals surface area contributed by atoms with Gasteiger partial charge in [0.15, 0.2) is 0 Å². The molecule has 0 spiro atoms. The van der Waals surface area contributed by atoms with Gasteiger partial charge in [0.2, 0.25) is 5.91 Å². The van der Waals surface area contributed by atoms with Crippen LogP contribution in [0.2, 0.25) is 0 Å². The van der Waals surface area contributed by atoms with E-state index in [0.717, 1.165) is 17.3 Å². The summed E-state index contributed by atoms with van der Waals surface area (Å²) in [6.07, 6.45) is 2.57. The van der Waals surface area contributed by atoms with Gasteiger partial charge in [0.05, 0.1) is 17.3 Å². The molecule has 18 heavy (non-hydrogen) atoms. The van der Waals surface area contributed by atoms with Crippen molar-refractivity contribution in [1.82, 2.24) is 0 Å². The number of hydrogen-bond donors (Lipinski definition) is 2. The third kappa shape index (κ3) is 4.13. The van der Waals surface area contributed by atoms with Crippen LogP contribution in [0.1, 0.15) is 31.7 Å². The molecule has 1 amide bonds. The van der Waals surface area contributed by atoms with E-state index in [9.17, 15) is 4.79 Å². The monoisotopic (exact) mass is 309 g/mol. The Labute approximate surface area is 115 Å². The van der Waals surface area contributed by atoms with Crippen molar-refractivity contribution in [3.63, 3.8) is 0 Å². The fraction of sp³-hybridized carbons (Fsp3) is 0.385. The van der Waals surface area contributed by atoms with Crippen molar-refractivity contribution < 1.29 is 4.79 Å². The molecule has 1 rings (SSSR count). The van der Waals surface area contributed by atoms with E-state index in [2.05, 4.69) is 21.2 Å². The van der Waals surface area contributed by atoms with Crippen LogP contribution in [0.3, 0.4) is 0 Å². The van der Waals surface area contributed by atoms with Gasteiger partial charge in [0.1, 0.15) is 6.07 Å². The van der Waals surface area contributed by atoms with Crippen LogP contribution in [0.5, 0.6) is 0 Å². The average Bonchev–Trinajstić information content (AvgIpc) is 2.37. The number of anilines is 1. The zero-order valence-electron chi connectivity index (χ0n) is 10.2. The lowest BCUT2D eigenvalue weighted by Crippen LogP contribution is -2.35. The van der Waals surface area contributed by atoms with Crippen LogP contribution in [-0.2, 0) is 4.79 Å². The number of nitrogens with one attached hydrogen (secondary N) is 1. The Morgan fingerprint density at radius 1 is 1.61 bits per heavy atom. The number of nitrogens with zero attached hydrogens (tertiary/aromatic N) is 1. The lowest BCUT2D eigenvalue weighted by atomic mass is 10.1. The second kappa shape index (κ2) is 7.14. The SMILES string of the molecule is CCCCC(N)C(=O)Nc1ccc(Br)cc1C#N. The number of nitriles is 1. The van der Waals surface area contributed by atoms with Crippen molar-refractivity contribution in [1.29, 1.82) is 5.26 Å². The Morgan fingerprint density at radius 3 is 2.94 bits per heavy atom. The fourth-order valence-corrected chi connectivity index (χ4v) is 1.86. The molecule has 1 aromatic rings. The van der Waals surface area contributed by atoms with E-state index >= 15 is 0 Å². The predicted octanol–water partition coefficient (Wildman–Crippen LogP) is 2.78. The van der Waals surface area contributed by atoms with Gasteiger partial charge in [-0.15, -0.1) is 0 Å². The Hall–Kier alpha value is -1.38. The maximum Gasteiger partial charge on any atom is 0.241 e. The molecule has 0 aromatic heterocycles. The molecule has 1 unspecified atom stereocenters. The first-order chi connectivity index (χ1) is 8.58. The molecular weight excluding hydrogens is 294 g/mol. The number of amides is 1. The smallest absolute Gasteiger partial charge is 0.241 e. The van der Waals surface area contributed by atoms with E-state index in [1.807, 2.05) is 13.0 Å². The van der Waals surface area contributed by atoms with Gasteiger partial charge in [-0.3, -0.25) is 4.79 Å². The summed E-state index contributed by atoms with van der Waals surface area (Å²) in [5, 5.41) is 11.7. The minimum atomic E-state index is -0.528. The number of halogens is 1. The van der Waals surface area contributed by atoms with Crippen LogP contribution in [0.25, 0.3) is 0 Å². The van der Waals surface area contributed by atoms with Crippen molar-refractivity contribution in [3.05, 3.63) is 28.2 Å². The van der Waals surface area contributed by atoms with Gasteiger partial charge in [-0.1, -0.05) is 35.7 Å². The van der Waals surface area contributed by atoms with Crippen molar-refractivity contribution >= 4 is 27.5 Å². The van der Waals surface area contributed by atoms with Gasteiger partial charge >= 0.3 is 0 Å². The Morgan fingerprint density at radius 2 is 2.33 bits per heavy atom. The summed E-state index contributed by atoms with van der Waals surface area (Å²) in [5.74, 6) is -0.248. The largest absolute Gasteiger partial charge is 0.324 e. The summed E-state index contributed by atoms with van der Waals surface area (Å²) >= 11 is 3.28. The number of nitrogens with two attached hydrogens (primary N) is 1. The summed E-state index contributed by atoms with van der Waals surface area (Å²) in [6, 6.07) is 6.63. The molecule has 3 N–H and O–H groups in total. The first kappa shape index (κ1) is 14.7. The number of hydrogen-bond acceptors (Lipinski definition) is 3. The lowest BCUT2D eigenvalue weighted by Gasteiger charge is -2.12. The van der Waals surface area contributed by atoms with E-state index in [1.165, 1.54) is 0 Å². The van der Waals surface area contributed by atoms with E-state index in [0.29, 0.717) is 17.7 Å². The lowest BCUT2D eigenvalue weighted by molar-refractivity contribution is -0.117. The molecule has 96 valence electrons. The summed E-state index contributed by atoms with van der Waals surface area (Å²) in [4.78, 5) is 11.8. The van der Waals surface area contributed by atoms with Crippen LogP contribution < -0.4 is 11.1 Å². The highest BCUT2D eigenvalue weighted by atomic mass is 79.9.